The van der Waals surface area contributed by atoms with Crippen LogP contribution in [-0.2, 0) is 9.59 Å². The lowest BCUT2D eigenvalue weighted by Crippen LogP contribution is -3.14. The first-order chi connectivity index (χ1) is 12.5. The van der Waals surface area contributed by atoms with Gasteiger partial charge in [0.15, 0.2) is 12.6 Å². The zero-order chi connectivity index (χ0) is 18.9. The minimum absolute atomic E-state index is 0.0973. The predicted molar refractivity (Wildman–Crippen MR) is 99.3 cm³/mol. The van der Waals surface area contributed by atoms with Crippen molar-refractivity contribution in [3.63, 3.8) is 0 Å². The van der Waals surface area contributed by atoms with E-state index in [9.17, 15) is 14.0 Å². The molecule has 0 saturated heterocycles. The Balaban J connectivity index is 2.26. The van der Waals surface area contributed by atoms with Gasteiger partial charge in [0, 0.05) is 17.8 Å². The van der Waals surface area contributed by atoms with Crippen molar-refractivity contribution in [2.45, 2.75) is 19.9 Å². The summed E-state index contributed by atoms with van der Waals surface area (Å²) >= 11 is 0. The first kappa shape index (κ1) is 19.6. The Hall–Kier alpha value is -2.73. The summed E-state index contributed by atoms with van der Waals surface area (Å²) in [5, 5.41) is 5.61. The topological polar surface area (TPSA) is 62.6 Å². The third kappa shape index (κ3) is 5.39. The van der Waals surface area contributed by atoms with Crippen molar-refractivity contribution in [2.75, 3.05) is 25.0 Å². The van der Waals surface area contributed by atoms with Crippen LogP contribution < -0.4 is 15.5 Å². The maximum atomic E-state index is 13.1. The number of quaternary nitrogens is 1. The molecule has 5 nitrogen and oxygen atoms in total. The number of carbonyl (C=O) groups is 2. The van der Waals surface area contributed by atoms with Gasteiger partial charge in [-0.1, -0.05) is 30.3 Å². The van der Waals surface area contributed by atoms with Gasteiger partial charge >= 0.3 is 0 Å². The molecule has 0 aliphatic heterocycles. The molecule has 0 aromatic heterocycles. The molecule has 3 N–H and O–H groups in total. The summed E-state index contributed by atoms with van der Waals surface area (Å²) in [7, 11) is 0. The highest BCUT2D eigenvalue weighted by molar-refractivity contribution is 5.94. The number of rotatable bonds is 8. The van der Waals surface area contributed by atoms with Crippen LogP contribution in [0.4, 0.5) is 10.1 Å². The Morgan fingerprint density at radius 3 is 2.27 bits per heavy atom. The van der Waals surface area contributed by atoms with E-state index in [0.29, 0.717) is 18.8 Å². The molecule has 0 radical (unpaired) electrons. The Labute approximate surface area is 153 Å². The third-order valence-corrected chi connectivity index (χ3v) is 4.13. The second-order valence-corrected chi connectivity index (χ2v) is 5.98. The molecule has 0 fully saturated rings. The smallest absolute Gasteiger partial charge is 0.287 e. The van der Waals surface area contributed by atoms with Crippen LogP contribution >= 0.6 is 0 Å². The second-order valence-electron chi connectivity index (χ2n) is 5.98. The summed E-state index contributed by atoms with van der Waals surface area (Å²) in [6, 6.07) is 14.5. The summed E-state index contributed by atoms with van der Waals surface area (Å²) in [6.45, 7) is 5.15. The van der Waals surface area contributed by atoms with Gasteiger partial charge in [-0.15, -0.1) is 0 Å². The van der Waals surface area contributed by atoms with Crippen LogP contribution in [-0.4, -0.2) is 31.4 Å². The summed E-state index contributed by atoms with van der Waals surface area (Å²) in [5.74, 6) is -0.691. The van der Waals surface area contributed by atoms with E-state index in [-0.39, 0.29) is 24.2 Å². The van der Waals surface area contributed by atoms with Gasteiger partial charge in [0.05, 0.1) is 6.54 Å². The number of hydrogen-bond acceptors (Lipinski definition) is 2. The molecule has 138 valence electrons. The largest absolute Gasteiger partial charge is 0.351 e. The molecule has 0 heterocycles. The van der Waals surface area contributed by atoms with E-state index in [1.165, 1.54) is 24.3 Å². The van der Waals surface area contributed by atoms with E-state index >= 15 is 0 Å². The number of benzene rings is 2. The van der Waals surface area contributed by atoms with Crippen molar-refractivity contribution in [3.05, 3.63) is 66.0 Å². The average Bonchev–Trinajstić information content (AvgIpc) is 2.64. The number of halogens is 1. The van der Waals surface area contributed by atoms with Crippen molar-refractivity contribution >= 4 is 17.5 Å². The van der Waals surface area contributed by atoms with Crippen LogP contribution in [0.25, 0.3) is 0 Å². The van der Waals surface area contributed by atoms with Gasteiger partial charge in [-0.05, 0) is 38.1 Å². The Bertz CT molecular complexity index is 720. The lowest BCUT2D eigenvalue weighted by Gasteiger charge is -2.26. The van der Waals surface area contributed by atoms with Crippen molar-refractivity contribution in [3.8, 4) is 0 Å². The first-order valence-corrected chi connectivity index (χ1v) is 8.77. The Morgan fingerprint density at radius 2 is 1.69 bits per heavy atom. The maximum absolute atomic E-state index is 13.1. The van der Waals surface area contributed by atoms with Crippen LogP contribution in [0.1, 0.15) is 25.5 Å². The molecule has 1 unspecified atom stereocenters. The fourth-order valence-corrected chi connectivity index (χ4v) is 2.86. The average molecular weight is 358 g/mol. The number of carbonyl (C=O) groups excluding carboxylic acids is 2. The van der Waals surface area contributed by atoms with Crippen molar-refractivity contribution in [2.24, 2.45) is 0 Å². The van der Waals surface area contributed by atoms with E-state index in [1.54, 1.807) is 0 Å². The zero-order valence-corrected chi connectivity index (χ0v) is 15.1. The standard InChI is InChI=1S/C20H24FN3O2/c1-3-22-18(25)14-24(4-2)19(15-8-6-5-7-9-15)20(26)23-17-12-10-16(21)11-13-17/h5-13,19H,3-4,14H2,1-2H3,(H,22,25)(H,23,26)/p+1/t19-/m0/s1. The maximum Gasteiger partial charge on any atom is 0.287 e. The SMILES string of the molecule is CCNC(=O)C[NH+](CC)[C@H](C(=O)Nc1ccc(F)cc1)c1ccccc1. The molecule has 2 atom stereocenters. The van der Waals surface area contributed by atoms with E-state index in [1.807, 2.05) is 44.2 Å². The quantitative estimate of drug-likeness (QED) is 0.670. The third-order valence-electron chi connectivity index (χ3n) is 4.13. The van der Waals surface area contributed by atoms with E-state index in [0.717, 1.165) is 10.5 Å². The molecule has 2 aromatic rings. The lowest BCUT2D eigenvalue weighted by molar-refractivity contribution is -0.912. The molecular weight excluding hydrogens is 333 g/mol. The normalized spacial score (nSPS) is 12.9. The highest BCUT2D eigenvalue weighted by Crippen LogP contribution is 2.14. The molecule has 0 spiro atoms. The Kier molecular flexibility index (Phi) is 7.29. The molecule has 0 aliphatic rings. The van der Waals surface area contributed by atoms with E-state index in [4.69, 9.17) is 0 Å². The fourth-order valence-electron chi connectivity index (χ4n) is 2.86. The summed E-state index contributed by atoms with van der Waals surface area (Å²) in [6.07, 6.45) is 0. The van der Waals surface area contributed by atoms with Gasteiger partial charge in [0.25, 0.3) is 11.8 Å². The minimum Gasteiger partial charge on any atom is -0.351 e. The van der Waals surface area contributed by atoms with Gasteiger partial charge in [-0.3, -0.25) is 9.59 Å². The van der Waals surface area contributed by atoms with Crippen LogP contribution in [0.15, 0.2) is 54.6 Å². The number of hydrogen-bond donors (Lipinski definition) is 3. The minimum atomic E-state index is -0.547. The number of nitrogens with one attached hydrogen (secondary N) is 3. The molecule has 0 saturated carbocycles. The van der Waals surface area contributed by atoms with Gasteiger partial charge in [0.2, 0.25) is 0 Å². The fraction of sp³-hybridized carbons (Fsp3) is 0.300. The predicted octanol–water partition coefficient (Wildman–Crippen LogP) is 1.55. The summed E-state index contributed by atoms with van der Waals surface area (Å²) < 4.78 is 13.1. The Morgan fingerprint density at radius 1 is 1.04 bits per heavy atom. The van der Waals surface area contributed by atoms with Crippen molar-refractivity contribution in [1.29, 1.82) is 0 Å². The van der Waals surface area contributed by atoms with Gasteiger partial charge in [-0.25, -0.2) is 4.39 Å². The summed E-state index contributed by atoms with van der Waals surface area (Å²) in [4.78, 5) is 25.9. The van der Waals surface area contributed by atoms with E-state index < -0.39 is 6.04 Å². The molecule has 6 heteroatoms. The zero-order valence-electron chi connectivity index (χ0n) is 15.1. The molecule has 2 aromatic carbocycles. The lowest BCUT2D eigenvalue weighted by atomic mass is 10.0. The molecular formula is C20H25FN3O2+. The number of likely N-dealkylation sites (N-methyl/N-ethyl adjacent to an activating group) is 2. The monoisotopic (exact) mass is 358 g/mol. The molecule has 2 rings (SSSR count). The molecule has 0 aliphatic carbocycles. The van der Waals surface area contributed by atoms with Gasteiger partial charge < -0.3 is 15.5 Å². The number of amides is 2. The van der Waals surface area contributed by atoms with Crippen molar-refractivity contribution < 1.29 is 18.9 Å². The van der Waals surface area contributed by atoms with Crippen molar-refractivity contribution in [1.82, 2.24) is 5.32 Å². The van der Waals surface area contributed by atoms with Crippen LogP contribution in [0.5, 0.6) is 0 Å². The number of anilines is 1. The van der Waals surface area contributed by atoms with Crippen LogP contribution in [0, 0.1) is 5.82 Å². The van der Waals surface area contributed by atoms with E-state index in [2.05, 4.69) is 10.6 Å². The summed E-state index contributed by atoms with van der Waals surface area (Å²) in [5.41, 5.74) is 1.35. The highest BCUT2D eigenvalue weighted by atomic mass is 19.1. The van der Waals surface area contributed by atoms with Gasteiger partial charge in [-0.2, -0.15) is 0 Å². The second kappa shape index (κ2) is 9.68. The van der Waals surface area contributed by atoms with Crippen LogP contribution in [0.3, 0.4) is 0 Å². The highest BCUT2D eigenvalue weighted by Gasteiger charge is 2.32. The molecule has 26 heavy (non-hydrogen) atoms. The first-order valence-electron chi connectivity index (χ1n) is 8.77. The molecule has 2 amide bonds. The van der Waals surface area contributed by atoms with Gasteiger partial charge in [0.1, 0.15) is 5.82 Å². The molecule has 0 bridgehead atoms. The van der Waals surface area contributed by atoms with Crippen LogP contribution in [0.2, 0.25) is 0 Å².